The Labute approximate surface area is 81.7 Å². The van der Waals surface area contributed by atoms with Crippen molar-refractivity contribution >= 4 is 17.8 Å². The minimum Gasteiger partial charge on any atom is -0.480 e. The van der Waals surface area contributed by atoms with E-state index in [1.807, 2.05) is 0 Å². The number of carbonyl (C=O) groups is 3. The lowest BCUT2D eigenvalue weighted by atomic mass is 10.2. The topological polar surface area (TPSA) is 95.5 Å². The quantitative estimate of drug-likeness (QED) is 0.538. The Kier molecular flexibility index (Phi) is 5.28. The number of nitrogens with one attached hydrogen (secondary N) is 2. The number of aliphatic carboxylic acids is 1. The lowest BCUT2D eigenvalue weighted by molar-refractivity contribution is -0.143. The zero-order valence-corrected chi connectivity index (χ0v) is 8.16. The number of rotatable bonds is 5. The lowest BCUT2D eigenvalue weighted by Gasteiger charge is -2.12. The normalized spacial score (nSPS) is 11.6. The molecule has 3 N–H and O–H groups in total. The van der Waals surface area contributed by atoms with Crippen molar-refractivity contribution in [3.63, 3.8) is 0 Å². The van der Waals surface area contributed by atoms with Crippen molar-refractivity contribution in [2.24, 2.45) is 0 Å². The van der Waals surface area contributed by atoms with Crippen molar-refractivity contribution in [1.29, 1.82) is 0 Å². The number of hydrogen-bond acceptors (Lipinski definition) is 3. The molecule has 1 atom stereocenters. The average molecular weight is 202 g/mol. The van der Waals surface area contributed by atoms with E-state index in [0.29, 0.717) is 6.54 Å². The van der Waals surface area contributed by atoms with Crippen LogP contribution < -0.4 is 10.6 Å². The molecule has 14 heavy (non-hydrogen) atoms. The van der Waals surface area contributed by atoms with E-state index in [9.17, 15) is 14.4 Å². The van der Waals surface area contributed by atoms with Crippen LogP contribution in [0.2, 0.25) is 0 Å². The van der Waals surface area contributed by atoms with Gasteiger partial charge in [-0.2, -0.15) is 0 Å². The number of carboxylic acids is 1. The Bertz CT molecular complexity index is 239. The molecule has 0 fully saturated rings. The van der Waals surface area contributed by atoms with Crippen LogP contribution in [0.15, 0.2) is 0 Å². The molecule has 1 unspecified atom stereocenters. The van der Waals surface area contributed by atoms with Crippen LogP contribution in [-0.4, -0.2) is 35.5 Å². The maximum Gasteiger partial charge on any atom is 0.326 e. The summed E-state index contributed by atoms with van der Waals surface area (Å²) in [5, 5.41) is 13.3. The number of amides is 2. The van der Waals surface area contributed by atoms with Crippen LogP contribution in [0.4, 0.5) is 0 Å². The highest BCUT2D eigenvalue weighted by atomic mass is 16.4. The Morgan fingerprint density at radius 1 is 1.36 bits per heavy atom. The van der Waals surface area contributed by atoms with Gasteiger partial charge in [0.15, 0.2) is 0 Å². The fraction of sp³-hybridized carbons (Fsp3) is 0.625. The summed E-state index contributed by atoms with van der Waals surface area (Å²) in [6.07, 6.45) is -0.247. The van der Waals surface area contributed by atoms with Crippen molar-refractivity contribution in [3.8, 4) is 0 Å². The second-order valence-corrected chi connectivity index (χ2v) is 2.75. The third kappa shape index (κ3) is 5.13. The summed E-state index contributed by atoms with van der Waals surface area (Å²) in [7, 11) is 0. The first-order chi connectivity index (χ1) is 6.47. The predicted octanol–water partition coefficient (Wildman–Crippen LogP) is -0.898. The van der Waals surface area contributed by atoms with Gasteiger partial charge in [0.25, 0.3) is 0 Å². The van der Waals surface area contributed by atoms with E-state index in [1.165, 1.54) is 6.92 Å². The van der Waals surface area contributed by atoms with Crippen LogP contribution in [0, 0.1) is 0 Å². The Balaban J connectivity index is 4.16. The highest BCUT2D eigenvalue weighted by molar-refractivity contribution is 5.87. The van der Waals surface area contributed by atoms with Gasteiger partial charge >= 0.3 is 5.97 Å². The molecule has 0 aliphatic heterocycles. The maximum absolute atomic E-state index is 11.0. The molecular formula is C8H14N2O4. The molecule has 6 heteroatoms. The second kappa shape index (κ2) is 5.95. The summed E-state index contributed by atoms with van der Waals surface area (Å²) in [6, 6.07) is -1.15. The molecule has 0 bridgehead atoms. The van der Waals surface area contributed by atoms with Gasteiger partial charge < -0.3 is 15.7 Å². The van der Waals surface area contributed by atoms with E-state index < -0.39 is 23.8 Å². The molecule has 0 aliphatic carbocycles. The Morgan fingerprint density at radius 3 is 2.29 bits per heavy atom. The highest BCUT2D eigenvalue weighted by Gasteiger charge is 2.21. The number of carbonyl (C=O) groups excluding carboxylic acids is 2. The molecule has 80 valence electrons. The van der Waals surface area contributed by atoms with Gasteiger partial charge in [-0.25, -0.2) is 4.79 Å². The minimum atomic E-state index is -1.22. The van der Waals surface area contributed by atoms with Crippen LogP contribution in [0.1, 0.15) is 20.3 Å². The lowest BCUT2D eigenvalue weighted by Crippen LogP contribution is -2.43. The molecule has 0 rings (SSSR count). The first-order valence-electron chi connectivity index (χ1n) is 4.24. The number of hydrogen-bond donors (Lipinski definition) is 3. The third-order valence-corrected chi connectivity index (χ3v) is 1.44. The second-order valence-electron chi connectivity index (χ2n) is 2.75. The average Bonchev–Trinajstić information content (AvgIpc) is 2.02. The molecule has 0 spiro atoms. The first-order valence-corrected chi connectivity index (χ1v) is 4.24. The summed E-state index contributed by atoms with van der Waals surface area (Å²) < 4.78 is 0. The molecule has 0 aromatic rings. The van der Waals surface area contributed by atoms with Crippen LogP contribution >= 0.6 is 0 Å². The van der Waals surface area contributed by atoms with Crippen molar-refractivity contribution in [2.45, 2.75) is 26.3 Å². The van der Waals surface area contributed by atoms with Gasteiger partial charge in [0, 0.05) is 13.5 Å². The molecule has 0 saturated heterocycles. The van der Waals surface area contributed by atoms with Gasteiger partial charge in [-0.15, -0.1) is 0 Å². The van der Waals surface area contributed by atoms with Crippen LogP contribution in [-0.2, 0) is 14.4 Å². The van der Waals surface area contributed by atoms with E-state index in [4.69, 9.17) is 5.11 Å². The number of carboxylic acid groups (broad SMARTS) is 1. The molecule has 2 amide bonds. The summed E-state index contributed by atoms with van der Waals surface area (Å²) in [5.74, 6) is -2.08. The standard InChI is InChI=1S/C8H14N2O4/c1-3-9-7(12)4-6(8(13)14)10-5(2)11/h6H,3-4H2,1-2H3,(H,9,12)(H,10,11)(H,13,14). The molecule has 0 aliphatic rings. The Morgan fingerprint density at radius 2 is 1.93 bits per heavy atom. The Hall–Kier alpha value is -1.59. The summed E-state index contributed by atoms with van der Waals surface area (Å²) >= 11 is 0. The summed E-state index contributed by atoms with van der Waals surface area (Å²) in [4.78, 5) is 32.2. The molecular weight excluding hydrogens is 188 g/mol. The summed E-state index contributed by atoms with van der Waals surface area (Å²) in [6.45, 7) is 3.37. The fourth-order valence-electron chi connectivity index (χ4n) is 0.900. The van der Waals surface area contributed by atoms with E-state index in [2.05, 4.69) is 10.6 Å². The van der Waals surface area contributed by atoms with Crippen molar-refractivity contribution in [1.82, 2.24) is 10.6 Å². The molecule has 0 radical (unpaired) electrons. The third-order valence-electron chi connectivity index (χ3n) is 1.44. The van der Waals surface area contributed by atoms with Crippen molar-refractivity contribution < 1.29 is 19.5 Å². The van der Waals surface area contributed by atoms with E-state index >= 15 is 0 Å². The van der Waals surface area contributed by atoms with E-state index in [1.54, 1.807) is 6.92 Å². The van der Waals surface area contributed by atoms with Crippen LogP contribution in [0.5, 0.6) is 0 Å². The largest absolute Gasteiger partial charge is 0.480 e. The van der Waals surface area contributed by atoms with Gasteiger partial charge in [-0.3, -0.25) is 9.59 Å². The highest BCUT2D eigenvalue weighted by Crippen LogP contribution is 1.92. The molecule has 0 saturated carbocycles. The van der Waals surface area contributed by atoms with Crippen molar-refractivity contribution in [2.75, 3.05) is 6.54 Å². The molecule has 6 nitrogen and oxygen atoms in total. The monoisotopic (exact) mass is 202 g/mol. The van der Waals surface area contributed by atoms with Gasteiger partial charge in [-0.05, 0) is 6.92 Å². The van der Waals surface area contributed by atoms with E-state index in [-0.39, 0.29) is 6.42 Å². The maximum atomic E-state index is 11.0. The zero-order valence-electron chi connectivity index (χ0n) is 8.16. The van der Waals surface area contributed by atoms with Gasteiger partial charge in [0.05, 0.1) is 6.42 Å². The molecule has 0 heterocycles. The smallest absolute Gasteiger partial charge is 0.326 e. The zero-order chi connectivity index (χ0) is 11.1. The van der Waals surface area contributed by atoms with Crippen LogP contribution in [0.3, 0.4) is 0 Å². The minimum absolute atomic E-state index is 0.247. The van der Waals surface area contributed by atoms with Gasteiger partial charge in [-0.1, -0.05) is 0 Å². The fourth-order valence-corrected chi connectivity index (χ4v) is 0.900. The first kappa shape index (κ1) is 12.4. The summed E-state index contributed by atoms with van der Waals surface area (Å²) in [5.41, 5.74) is 0. The van der Waals surface area contributed by atoms with Crippen LogP contribution in [0.25, 0.3) is 0 Å². The SMILES string of the molecule is CCNC(=O)CC(NC(C)=O)C(=O)O. The predicted molar refractivity (Wildman–Crippen MR) is 48.5 cm³/mol. The van der Waals surface area contributed by atoms with Gasteiger partial charge in [0.1, 0.15) is 6.04 Å². The van der Waals surface area contributed by atoms with Crippen molar-refractivity contribution in [3.05, 3.63) is 0 Å². The van der Waals surface area contributed by atoms with E-state index in [0.717, 1.165) is 0 Å². The van der Waals surface area contributed by atoms with Gasteiger partial charge in [0.2, 0.25) is 11.8 Å². The molecule has 0 aromatic carbocycles. The molecule has 0 aromatic heterocycles.